The van der Waals surface area contributed by atoms with Crippen molar-refractivity contribution in [2.45, 2.75) is 24.8 Å². The van der Waals surface area contributed by atoms with Crippen LogP contribution in [0, 0.1) is 0 Å². The van der Waals surface area contributed by atoms with E-state index in [1.807, 2.05) is 6.20 Å². The predicted octanol–water partition coefficient (Wildman–Crippen LogP) is 0.427. The minimum absolute atomic E-state index is 0.357. The molecule has 2 fully saturated rings. The lowest BCUT2D eigenvalue weighted by atomic mass is 10.0. The molecule has 3 rings (SSSR count). The monoisotopic (exact) mass is 262 g/mol. The summed E-state index contributed by atoms with van der Waals surface area (Å²) in [5, 5.41) is 3.45. The number of hydrogen-bond donors (Lipinski definition) is 1. The summed E-state index contributed by atoms with van der Waals surface area (Å²) in [6.07, 6.45) is 3.97. The average molecular weight is 262 g/mol. The fraction of sp³-hybridized carbons (Fsp3) is 0.714. The molecule has 5 nitrogen and oxygen atoms in total. The highest BCUT2D eigenvalue weighted by atomic mass is 16.5. The Morgan fingerprint density at radius 2 is 2.47 bits per heavy atom. The maximum atomic E-state index is 5.47. The first-order valence-electron chi connectivity index (χ1n) is 7.13. The van der Waals surface area contributed by atoms with E-state index in [1.165, 1.54) is 18.7 Å². The van der Waals surface area contributed by atoms with Crippen molar-refractivity contribution in [3.05, 3.63) is 23.8 Å². The fourth-order valence-corrected chi connectivity index (χ4v) is 2.89. The lowest BCUT2D eigenvalue weighted by Crippen LogP contribution is -2.42. The highest BCUT2D eigenvalue weighted by Gasteiger charge is 2.23. The van der Waals surface area contributed by atoms with E-state index < -0.39 is 0 Å². The first-order chi connectivity index (χ1) is 9.31. The van der Waals surface area contributed by atoms with Crippen LogP contribution >= 0.6 is 0 Å². The molecule has 0 spiro atoms. The molecule has 0 saturated carbocycles. The van der Waals surface area contributed by atoms with Crippen LogP contribution in [0.4, 0.5) is 0 Å². The van der Waals surface area contributed by atoms with Crippen LogP contribution in [0.25, 0.3) is 0 Å². The molecular weight excluding hydrogens is 240 g/mol. The summed E-state index contributed by atoms with van der Waals surface area (Å²) in [7, 11) is 2.17. The number of ether oxygens (including phenoxy) is 1. The van der Waals surface area contributed by atoms with E-state index in [4.69, 9.17) is 9.72 Å². The molecule has 2 aliphatic rings. The van der Waals surface area contributed by atoms with Crippen LogP contribution in [-0.4, -0.2) is 60.8 Å². The quantitative estimate of drug-likeness (QED) is 0.856. The van der Waals surface area contributed by atoms with Crippen molar-refractivity contribution in [2.24, 2.45) is 0 Å². The number of likely N-dealkylation sites (N-methyl/N-ethyl adjacent to an activating group) is 1. The van der Waals surface area contributed by atoms with Gasteiger partial charge in [0.05, 0.1) is 13.2 Å². The van der Waals surface area contributed by atoms with Crippen molar-refractivity contribution in [1.29, 1.82) is 0 Å². The van der Waals surface area contributed by atoms with Gasteiger partial charge in [0.1, 0.15) is 5.82 Å². The molecule has 104 valence electrons. The smallest absolute Gasteiger partial charge is 0.130 e. The van der Waals surface area contributed by atoms with Crippen LogP contribution in [0.5, 0.6) is 0 Å². The van der Waals surface area contributed by atoms with E-state index in [2.05, 4.69) is 28.3 Å². The largest absolute Gasteiger partial charge is 0.379 e. The molecule has 5 heteroatoms. The van der Waals surface area contributed by atoms with Crippen LogP contribution in [0.15, 0.2) is 12.3 Å². The van der Waals surface area contributed by atoms with E-state index in [1.54, 1.807) is 0 Å². The van der Waals surface area contributed by atoms with E-state index in [-0.39, 0.29) is 0 Å². The number of likely N-dealkylation sites (tertiary alicyclic amines) is 1. The molecule has 0 bridgehead atoms. The number of nitrogens with one attached hydrogen (secondary N) is 1. The number of aromatic nitrogens is 2. The Morgan fingerprint density at radius 3 is 3.21 bits per heavy atom. The second-order valence-corrected chi connectivity index (χ2v) is 5.58. The van der Waals surface area contributed by atoms with Crippen molar-refractivity contribution in [3.8, 4) is 0 Å². The van der Waals surface area contributed by atoms with Gasteiger partial charge < -0.3 is 15.0 Å². The maximum Gasteiger partial charge on any atom is 0.130 e. The van der Waals surface area contributed by atoms with Crippen LogP contribution in [0.1, 0.15) is 23.9 Å². The van der Waals surface area contributed by atoms with Crippen LogP contribution in [-0.2, 0) is 11.2 Å². The van der Waals surface area contributed by atoms with Crippen molar-refractivity contribution >= 4 is 0 Å². The minimum atomic E-state index is 0.357. The Morgan fingerprint density at radius 1 is 1.53 bits per heavy atom. The molecule has 2 atom stereocenters. The Bertz CT molecular complexity index is 420. The number of rotatable bonds is 3. The Hall–Kier alpha value is -1.04. The number of nitrogens with zero attached hydrogens (tertiary/aromatic N) is 3. The second-order valence-electron chi connectivity index (χ2n) is 5.58. The normalized spacial score (nSPS) is 28.7. The first-order valence-corrected chi connectivity index (χ1v) is 7.13. The molecule has 2 saturated heterocycles. The van der Waals surface area contributed by atoms with Gasteiger partial charge in [0.25, 0.3) is 0 Å². The van der Waals surface area contributed by atoms with Gasteiger partial charge in [0.2, 0.25) is 0 Å². The van der Waals surface area contributed by atoms with E-state index >= 15 is 0 Å². The van der Waals surface area contributed by atoms with Gasteiger partial charge in [0, 0.05) is 43.4 Å². The van der Waals surface area contributed by atoms with Crippen molar-refractivity contribution in [2.75, 3.05) is 39.9 Å². The standard InChI is InChI=1S/C14H22N4O/c1-18-6-3-11(9-18)13-2-4-16-14(17-13)8-12-10-19-7-5-15-12/h2,4,11-12,15H,3,5-10H2,1H3. The molecule has 1 aromatic heterocycles. The van der Waals surface area contributed by atoms with Crippen LogP contribution in [0.2, 0.25) is 0 Å². The molecule has 2 aliphatic heterocycles. The van der Waals surface area contributed by atoms with Crippen molar-refractivity contribution in [3.63, 3.8) is 0 Å². The summed E-state index contributed by atoms with van der Waals surface area (Å²) in [5.41, 5.74) is 1.20. The van der Waals surface area contributed by atoms with Crippen LogP contribution < -0.4 is 5.32 Å². The molecule has 0 amide bonds. The zero-order valence-electron chi connectivity index (χ0n) is 11.5. The summed E-state index contributed by atoms with van der Waals surface area (Å²) in [6, 6.07) is 2.42. The van der Waals surface area contributed by atoms with Crippen LogP contribution in [0.3, 0.4) is 0 Å². The Balaban J connectivity index is 1.65. The maximum absolute atomic E-state index is 5.47. The summed E-state index contributed by atoms with van der Waals surface area (Å²) >= 11 is 0. The molecule has 19 heavy (non-hydrogen) atoms. The van der Waals surface area contributed by atoms with Gasteiger partial charge in [-0.3, -0.25) is 0 Å². The van der Waals surface area contributed by atoms with Gasteiger partial charge in [-0.15, -0.1) is 0 Å². The highest BCUT2D eigenvalue weighted by Crippen LogP contribution is 2.24. The topological polar surface area (TPSA) is 50.3 Å². The van der Waals surface area contributed by atoms with E-state index in [0.29, 0.717) is 12.0 Å². The van der Waals surface area contributed by atoms with Crippen molar-refractivity contribution in [1.82, 2.24) is 20.2 Å². The summed E-state index contributed by atoms with van der Waals surface area (Å²) < 4.78 is 5.47. The molecule has 0 aromatic carbocycles. The SMILES string of the molecule is CN1CCC(c2ccnc(CC3COCCN3)n2)C1. The van der Waals surface area contributed by atoms with Gasteiger partial charge in [-0.1, -0.05) is 0 Å². The summed E-state index contributed by atoms with van der Waals surface area (Å²) in [5.74, 6) is 1.51. The number of hydrogen-bond acceptors (Lipinski definition) is 5. The van der Waals surface area contributed by atoms with Gasteiger partial charge >= 0.3 is 0 Å². The molecule has 0 radical (unpaired) electrons. The van der Waals surface area contributed by atoms with Gasteiger partial charge in [-0.05, 0) is 26.1 Å². The molecular formula is C14H22N4O. The molecule has 1 aromatic rings. The average Bonchev–Trinajstić information content (AvgIpc) is 2.87. The van der Waals surface area contributed by atoms with Gasteiger partial charge in [-0.2, -0.15) is 0 Å². The second kappa shape index (κ2) is 5.94. The van der Waals surface area contributed by atoms with E-state index in [9.17, 15) is 0 Å². The fourth-order valence-electron chi connectivity index (χ4n) is 2.89. The van der Waals surface area contributed by atoms with Gasteiger partial charge in [-0.25, -0.2) is 9.97 Å². The third-order valence-corrected chi connectivity index (χ3v) is 3.96. The molecule has 2 unspecified atom stereocenters. The molecule has 1 N–H and O–H groups in total. The zero-order valence-corrected chi connectivity index (χ0v) is 11.5. The molecule has 0 aliphatic carbocycles. The predicted molar refractivity (Wildman–Crippen MR) is 73.2 cm³/mol. The number of morpholine rings is 1. The first kappa shape index (κ1) is 13.0. The third-order valence-electron chi connectivity index (χ3n) is 3.96. The lowest BCUT2D eigenvalue weighted by molar-refractivity contribution is 0.0764. The summed E-state index contributed by atoms with van der Waals surface area (Å²) in [4.78, 5) is 11.5. The third kappa shape index (κ3) is 3.29. The van der Waals surface area contributed by atoms with Crippen molar-refractivity contribution < 1.29 is 4.74 Å². The Kier molecular flexibility index (Phi) is 4.06. The summed E-state index contributed by atoms with van der Waals surface area (Å²) in [6.45, 7) is 4.78. The Labute approximate surface area is 114 Å². The minimum Gasteiger partial charge on any atom is -0.379 e. The highest BCUT2D eigenvalue weighted by molar-refractivity contribution is 5.11. The van der Waals surface area contributed by atoms with E-state index in [0.717, 1.165) is 38.5 Å². The lowest BCUT2D eigenvalue weighted by Gasteiger charge is -2.23. The molecule has 3 heterocycles. The zero-order chi connectivity index (χ0) is 13.1. The van der Waals surface area contributed by atoms with Gasteiger partial charge in [0.15, 0.2) is 0 Å².